The van der Waals surface area contributed by atoms with Gasteiger partial charge < -0.3 is 9.64 Å². The predicted molar refractivity (Wildman–Crippen MR) is 106 cm³/mol. The monoisotopic (exact) mass is 411 g/mol. The molecule has 1 amide bonds. The molecule has 3 rings (SSSR count). The molecule has 0 saturated carbocycles. The Morgan fingerprint density at radius 1 is 0.962 bits per heavy atom. The Kier molecular flexibility index (Phi) is 5.68. The van der Waals surface area contributed by atoms with E-state index >= 15 is 0 Å². The molecule has 0 spiro atoms. The molecule has 0 aliphatic carbocycles. The van der Waals surface area contributed by atoms with Crippen molar-refractivity contribution < 1.29 is 14.3 Å². The smallest absolute Gasteiger partial charge is 0.339 e. The Morgan fingerprint density at radius 3 is 2.42 bits per heavy atom. The van der Waals surface area contributed by atoms with Gasteiger partial charge in [-0.05, 0) is 46.4 Å². The van der Waals surface area contributed by atoms with Crippen LogP contribution in [-0.4, -0.2) is 25.0 Å². The first kappa shape index (κ1) is 18.1. The van der Waals surface area contributed by atoms with E-state index < -0.39 is 5.97 Å². The van der Waals surface area contributed by atoms with Crippen LogP contribution >= 0.6 is 15.9 Å². The first-order valence-corrected chi connectivity index (χ1v) is 9.11. The predicted octanol–water partition coefficient (Wildman–Crippen LogP) is 4.81. The minimum Gasteiger partial charge on any atom is -0.452 e. The normalized spacial score (nSPS) is 10.5. The highest BCUT2D eigenvalue weighted by molar-refractivity contribution is 9.10. The summed E-state index contributed by atoms with van der Waals surface area (Å²) in [5.41, 5.74) is 1.21. The average molecular weight is 412 g/mol. The maximum absolute atomic E-state index is 12.7. The number of benzene rings is 3. The zero-order chi connectivity index (χ0) is 18.5. The van der Waals surface area contributed by atoms with E-state index in [0.29, 0.717) is 16.6 Å². The third-order valence-electron chi connectivity index (χ3n) is 4.10. The number of rotatable bonds is 5. The summed E-state index contributed by atoms with van der Waals surface area (Å²) in [6.07, 6.45) is 0. The Labute approximate surface area is 160 Å². The fraction of sp³-hybridized carbons (Fsp3) is 0.143. The molecule has 0 saturated heterocycles. The molecular weight excluding hydrogens is 394 g/mol. The Hall–Kier alpha value is -2.66. The third kappa shape index (κ3) is 3.78. The van der Waals surface area contributed by atoms with Crippen LogP contribution in [0.25, 0.3) is 10.8 Å². The number of hydrogen-bond donors (Lipinski definition) is 0. The summed E-state index contributed by atoms with van der Waals surface area (Å²) in [5, 5.41) is 2.05. The lowest BCUT2D eigenvalue weighted by Gasteiger charge is -2.22. The second-order valence-electron chi connectivity index (χ2n) is 5.69. The molecule has 0 bridgehead atoms. The van der Waals surface area contributed by atoms with Gasteiger partial charge in [0.15, 0.2) is 6.61 Å². The van der Waals surface area contributed by atoms with E-state index in [0.717, 1.165) is 16.5 Å². The van der Waals surface area contributed by atoms with Crippen molar-refractivity contribution in [1.82, 2.24) is 0 Å². The molecule has 132 valence electrons. The number of anilines is 1. The van der Waals surface area contributed by atoms with Crippen LogP contribution < -0.4 is 4.90 Å². The maximum atomic E-state index is 12.7. The van der Waals surface area contributed by atoms with Crippen LogP contribution in [0.1, 0.15) is 17.3 Å². The van der Waals surface area contributed by atoms with Gasteiger partial charge in [-0.1, -0.05) is 48.5 Å². The van der Waals surface area contributed by atoms with Crippen LogP contribution in [0.2, 0.25) is 0 Å². The maximum Gasteiger partial charge on any atom is 0.339 e. The van der Waals surface area contributed by atoms with Gasteiger partial charge in [0, 0.05) is 16.4 Å². The summed E-state index contributed by atoms with van der Waals surface area (Å²) in [7, 11) is 0. The van der Waals surface area contributed by atoms with Crippen LogP contribution in [0.5, 0.6) is 0 Å². The van der Waals surface area contributed by atoms with Crippen molar-refractivity contribution in [3.05, 3.63) is 76.8 Å². The van der Waals surface area contributed by atoms with Crippen molar-refractivity contribution >= 4 is 44.3 Å². The zero-order valence-corrected chi connectivity index (χ0v) is 15.9. The zero-order valence-electron chi connectivity index (χ0n) is 14.3. The fourth-order valence-corrected chi connectivity index (χ4v) is 3.28. The molecule has 0 heterocycles. The number of likely N-dealkylation sites (N-methyl/N-ethyl adjacent to an activating group) is 1. The van der Waals surface area contributed by atoms with Gasteiger partial charge >= 0.3 is 5.97 Å². The van der Waals surface area contributed by atoms with E-state index in [2.05, 4.69) is 15.9 Å². The number of amides is 1. The molecule has 3 aromatic rings. The Morgan fingerprint density at radius 2 is 1.65 bits per heavy atom. The molecule has 26 heavy (non-hydrogen) atoms. The highest BCUT2D eigenvalue weighted by atomic mass is 79.9. The van der Waals surface area contributed by atoms with E-state index in [1.54, 1.807) is 23.1 Å². The number of carbonyl (C=O) groups is 2. The number of carbonyl (C=O) groups excluding carboxylic acids is 2. The number of halogens is 1. The molecule has 0 fully saturated rings. The number of esters is 1. The minimum absolute atomic E-state index is 0.260. The summed E-state index contributed by atoms with van der Waals surface area (Å²) in [5.74, 6) is -0.788. The van der Waals surface area contributed by atoms with Crippen molar-refractivity contribution in [2.24, 2.45) is 0 Å². The van der Waals surface area contributed by atoms with Gasteiger partial charge in [0.25, 0.3) is 5.91 Å². The number of nitrogens with zero attached hydrogens (tertiary/aromatic N) is 1. The first-order valence-electron chi connectivity index (χ1n) is 8.31. The van der Waals surface area contributed by atoms with Gasteiger partial charge in [-0.3, -0.25) is 4.79 Å². The molecule has 0 aliphatic rings. The molecule has 0 atom stereocenters. The van der Waals surface area contributed by atoms with Crippen LogP contribution in [0.3, 0.4) is 0 Å². The lowest BCUT2D eigenvalue weighted by atomic mass is 10.1. The van der Waals surface area contributed by atoms with Crippen LogP contribution in [-0.2, 0) is 9.53 Å². The Balaban J connectivity index is 1.77. The SMILES string of the molecule is CCN(C(=O)COC(=O)c1ccccc1Br)c1cccc2ccccc12. The molecule has 0 radical (unpaired) electrons. The largest absolute Gasteiger partial charge is 0.452 e. The van der Waals surface area contributed by atoms with E-state index in [1.165, 1.54) is 0 Å². The lowest BCUT2D eigenvalue weighted by molar-refractivity contribution is -0.121. The van der Waals surface area contributed by atoms with Gasteiger partial charge in [-0.25, -0.2) is 4.79 Å². The molecule has 5 heteroatoms. The van der Waals surface area contributed by atoms with Gasteiger partial charge in [-0.2, -0.15) is 0 Å². The molecule has 3 aromatic carbocycles. The number of fused-ring (bicyclic) bond motifs is 1. The van der Waals surface area contributed by atoms with Crippen LogP contribution in [0.15, 0.2) is 71.2 Å². The van der Waals surface area contributed by atoms with E-state index in [9.17, 15) is 9.59 Å². The topological polar surface area (TPSA) is 46.6 Å². The standard InChI is InChI=1S/C21H18BrNO3/c1-2-23(19-13-7-9-15-8-3-4-10-16(15)19)20(24)14-26-21(25)17-11-5-6-12-18(17)22/h3-13H,2,14H2,1H3. The van der Waals surface area contributed by atoms with Gasteiger partial charge in [-0.15, -0.1) is 0 Å². The van der Waals surface area contributed by atoms with Gasteiger partial charge in [0.2, 0.25) is 0 Å². The molecule has 0 N–H and O–H groups in total. The summed E-state index contributed by atoms with van der Waals surface area (Å²) >= 11 is 3.31. The average Bonchev–Trinajstić information content (AvgIpc) is 2.67. The summed E-state index contributed by atoms with van der Waals surface area (Å²) in [4.78, 5) is 26.5. The molecular formula is C21H18BrNO3. The van der Waals surface area contributed by atoms with Crippen molar-refractivity contribution in [2.75, 3.05) is 18.1 Å². The summed E-state index contributed by atoms with van der Waals surface area (Å²) in [6, 6.07) is 20.7. The third-order valence-corrected chi connectivity index (χ3v) is 4.79. The van der Waals surface area contributed by atoms with Gasteiger partial charge in [0.1, 0.15) is 0 Å². The van der Waals surface area contributed by atoms with E-state index in [4.69, 9.17) is 4.74 Å². The number of hydrogen-bond acceptors (Lipinski definition) is 3. The lowest BCUT2D eigenvalue weighted by Crippen LogP contribution is -2.34. The van der Waals surface area contributed by atoms with Crippen molar-refractivity contribution in [3.8, 4) is 0 Å². The summed E-state index contributed by atoms with van der Waals surface area (Å²) < 4.78 is 5.86. The van der Waals surface area contributed by atoms with E-state index in [-0.39, 0.29) is 12.5 Å². The highest BCUT2D eigenvalue weighted by Gasteiger charge is 2.19. The first-order chi connectivity index (χ1) is 12.6. The molecule has 0 aromatic heterocycles. The van der Waals surface area contributed by atoms with E-state index in [1.807, 2.05) is 55.5 Å². The van der Waals surface area contributed by atoms with Gasteiger partial charge in [0.05, 0.1) is 11.3 Å². The number of ether oxygens (including phenoxy) is 1. The fourth-order valence-electron chi connectivity index (χ4n) is 2.83. The molecule has 0 aliphatic heterocycles. The van der Waals surface area contributed by atoms with Crippen molar-refractivity contribution in [1.29, 1.82) is 0 Å². The summed E-state index contributed by atoms with van der Waals surface area (Å²) in [6.45, 7) is 2.08. The highest BCUT2D eigenvalue weighted by Crippen LogP contribution is 2.27. The van der Waals surface area contributed by atoms with Crippen molar-refractivity contribution in [2.45, 2.75) is 6.92 Å². The second-order valence-corrected chi connectivity index (χ2v) is 6.55. The second kappa shape index (κ2) is 8.15. The van der Waals surface area contributed by atoms with Crippen molar-refractivity contribution in [3.63, 3.8) is 0 Å². The Bertz CT molecular complexity index is 949. The quantitative estimate of drug-likeness (QED) is 0.565. The minimum atomic E-state index is -0.528. The molecule has 0 unspecified atom stereocenters. The molecule has 4 nitrogen and oxygen atoms in total. The van der Waals surface area contributed by atoms with Crippen LogP contribution in [0, 0.1) is 0 Å². The van der Waals surface area contributed by atoms with Crippen LogP contribution in [0.4, 0.5) is 5.69 Å².